The number of nitrogens with one attached hydrogen (secondary N) is 2. The van der Waals surface area contributed by atoms with Crippen molar-refractivity contribution < 1.29 is 9.59 Å². The summed E-state index contributed by atoms with van der Waals surface area (Å²) < 4.78 is 1.71. The molecule has 0 atom stereocenters. The van der Waals surface area contributed by atoms with Gasteiger partial charge in [0.1, 0.15) is 0 Å². The summed E-state index contributed by atoms with van der Waals surface area (Å²) in [6.07, 6.45) is 3.84. The van der Waals surface area contributed by atoms with Crippen LogP contribution >= 0.6 is 0 Å². The zero-order chi connectivity index (χ0) is 24.7. The second-order valence-corrected chi connectivity index (χ2v) is 9.38. The maximum atomic E-state index is 13.6. The summed E-state index contributed by atoms with van der Waals surface area (Å²) in [5.74, 6) is 0.558. The van der Waals surface area contributed by atoms with Gasteiger partial charge in [0.15, 0.2) is 11.5 Å². The Morgan fingerprint density at radius 2 is 1.86 bits per heavy atom. The Hall–Kier alpha value is -4.07. The van der Waals surface area contributed by atoms with E-state index in [1.165, 1.54) is 0 Å². The number of aromatic nitrogens is 4. The maximum Gasteiger partial charge on any atom is 0.256 e. The van der Waals surface area contributed by atoms with Gasteiger partial charge >= 0.3 is 0 Å². The van der Waals surface area contributed by atoms with Crippen molar-refractivity contribution >= 4 is 34.2 Å². The Labute approximate surface area is 203 Å². The molecule has 1 aliphatic rings. The molecular weight excluding hydrogens is 440 g/mol. The number of hydrogen-bond acceptors (Lipinski definition) is 5. The van der Waals surface area contributed by atoms with Crippen LogP contribution < -0.4 is 10.6 Å². The molecule has 0 spiro atoms. The number of rotatable bonds is 6. The summed E-state index contributed by atoms with van der Waals surface area (Å²) in [5.41, 5.74) is 4.95. The summed E-state index contributed by atoms with van der Waals surface area (Å²) in [4.78, 5) is 35.1. The van der Waals surface area contributed by atoms with E-state index >= 15 is 0 Å². The van der Waals surface area contributed by atoms with Crippen molar-refractivity contribution in [3.8, 4) is 5.82 Å². The lowest BCUT2D eigenvalue weighted by Crippen LogP contribution is -2.18. The van der Waals surface area contributed by atoms with Crippen molar-refractivity contribution in [2.45, 2.75) is 46.5 Å². The van der Waals surface area contributed by atoms with E-state index in [1.54, 1.807) is 16.9 Å². The first-order valence-corrected chi connectivity index (χ1v) is 11.9. The molecule has 0 unspecified atom stereocenters. The number of aryl methyl sites for hydroxylation is 2. The van der Waals surface area contributed by atoms with Crippen LogP contribution in [0.15, 0.2) is 48.7 Å². The summed E-state index contributed by atoms with van der Waals surface area (Å²) in [6, 6.07) is 13.0. The van der Waals surface area contributed by atoms with Gasteiger partial charge in [-0.3, -0.25) is 9.59 Å². The topological polar surface area (TPSA) is 102 Å². The minimum absolute atomic E-state index is 0.0754. The highest BCUT2D eigenvalue weighted by Crippen LogP contribution is 2.41. The summed E-state index contributed by atoms with van der Waals surface area (Å²) in [6.45, 7) is 7.48. The van der Waals surface area contributed by atoms with E-state index in [4.69, 9.17) is 4.98 Å². The molecule has 2 N–H and O–H groups in total. The van der Waals surface area contributed by atoms with Crippen LogP contribution in [0, 0.1) is 19.8 Å². The first kappa shape index (κ1) is 22.7. The molecule has 1 aliphatic carbocycles. The van der Waals surface area contributed by atoms with Crippen molar-refractivity contribution in [2.75, 3.05) is 10.6 Å². The first-order valence-electron chi connectivity index (χ1n) is 11.9. The second kappa shape index (κ2) is 8.94. The molecule has 35 heavy (non-hydrogen) atoms. The quantitative estimate of drug-likeness (QED) is 0.407. The molecule has 4 aromatic rings. The third-order valence-electron chi connectivity index (χ3n) is 6.22. The smallest absolute Gasteiger partial charge is 0.256 e. The number of pyridine rings is 2. The molecule has 2 amide bonds. The number of benzene rings is 1. The average molecular weight is 469 g/mol. The zero-order valence-corrected chi connectivity index (χ0v) is 20.3. The van der Waals surface area contributed by atoms with Crippen LogP contribution in [0.4, 0.5) is 11.4 Å². The monoisotopic (exact) mass is 468 g/mol. The van der Waals surface area contributed by atoms with Crippen molar-refractivity contribution in [3.63, 3.8) is 0 Å². The molecule has 0 aliphatic heterocycles. The number of hydrogen-bond donors (Lipinski definition) is 2. The molecule has 1 saturated carbocycles. The highest BCUT2D eigenvalue weighted by Gasteiger charge is 2.29. The number of fused-ring (bicyclic) bond motifs is 1. The maximum absolute atomic E-state index is 13.6. The Morgan fingerprint density at radius 1 is 1.06 bits per heavy atom. The predicted octanol–water partition coefficient (Wildman–Crippen LogP) is 5.16. The van der Waals surface area contributed by atoms with Crippen molar-refractivity contribution in [3.05, 3.63) is 71.2 Å². The van der Waals surface area contributed by atoms with Crippen LogP contribution in [-0.2, 0) is 4.79 Å². The molecule has 3 heterocycles. The fourth-order valence-corrected chi connectivity index (χ4v) is 4.03. The fourth-order valence-electron chi connectivity index (χ4n) is 4.03. The molecule has 0 saturated heterocycles. The standard InChI is InChI=1S/C27H28N6O2/c1-15(2)26(34)29-19-11-8-16(3)21(13-19)31-27(35)20-14-22(18-9-10-18)30-25-24(20)17(4)32-33(25)23-7-5-6-12-28-23/h5-8,11-15,18H,9-10H2,1-4H3,(H,29,34)(H,31,35). The van der Waals surface area contributed by atoms with Gasteiger partial charge in [-0.05, 0) is 62.6 Å². The van der Waals surface area contributed by atoms with Crippen LogP contribution in [0.2, 0.25) is 0 Å². The van der Waals surface area contributed by atoms with Crippen LogP contribution in [-0.4, -0.2) is 31.6 Å². The Kier molecular flexibility index (Phi) is 5.80. The van der Waals surface area contributed by atoms with E-state index in [9.17, 15) is 9.59 Å². The number of carbonyl (C=O) groups is 2. The van der Waals surface area contributed by atoms with E-state index in [0.717, 1.165) is 24.1 Å². The van der Waals surface area contributed by atoms with Gasteiger partial charge in [-0.1, -0.05) is 26.0 Å². The van der Waals surface area contributed by atoms with Gasteiger partial charge in [-0.15, -0.1) is 0 Å². The molecule has 5 rings (SSSR count). The van der Waals surface area contributed by atoms with Crippen molar-refractivity contribution in [1.82, 2.24) is 19.7 Å². The SMILES string of the molecule is Cc1ccc(NC(=O)C(C)C)cc1NC(=O)c1cc(C2CC2)nc2c1c(C)nn2-c1ccccn1. The summed E-state index contributed by atoms with van der Waals surface area (Å²) in [5, 5.41) is 11.3. The summed E-state index contributed by atoms with van der Waals surface area (Å²) in [7, 11) is 0. The molecule has 0 bridgehead atoms. The van der Waals surface area contributed by atoms with Crippen molar-refractivity contribution in [2.24, 2.45) is 5.92 Å². The number of carbonyl (C=O) groups excluding carboxylic acids is 2. The lowest BCUT2D eigenvalue weighted by molar-refractivity contribution is -0.118. The third kappa shape index (κ3) is 4.51. The highest BCUT2D eigenvalue weighted by atomic mass is 16.2. The Bertz CT molecular complexity index is 1440. The number of anilines is 2. The fraction of sp³-hybridized carbons (Fsp3) is 0.296. The molecule has 0 radical (unpaired) electrons. The normalized spacial score (nSPS) is 13.3. The molecular formula is C27H28N6O2. The Balaban J connectivity index is 1.55. The lowest BCUT2D eigenvalue weighted by atomic mass is 10.1. The van der Waals surface area contributed by atoms with E-state index in [-0.39, 0.29) is 17.7 Å². The molecule has 1 fully saturated rings. The van der Waals surface area contributed by atoms with E-state index in [1.807, 2.05) is 64.1 Å². The van der Waals surface area contributed by atoms with E-state index in [0.29, 0.717) is 45.4 Å². The van der Waals surface area contributed by atoms with Gasteiger partial charge in [0.25, 0.3) is 5.91 Å². The lowest BCUT2D eigenvalue weighted by Gasteiger charge is -2.14. The van der Waals surface area contributed by atoms with Gasteiger partial charge in [0, 0.05) is 35.1 Å². The first-order chi connectivity index (χ1) is 16.8. The van der Waals surface area contributed by atoms with Crippen LogP contribution in [0.1, 0.15) is 59.9 Å². The summed E-state index contributed by atoms with van der Waals surface area (Å²) >= 11 is 0. The van der Waals surface area contributed by atoms with E-state index < -0.39 is 0 Å². The van der Waals surface area contributed by atoms with Gasteiger partial charge < -0.3 is 10.6 Å². The minimum atomic E-state index is -0.238. The van der Waals surface area contributed by atoms with Crippen LogP contribution in [0.3, 0.4) is 0 Å². The molecule has 3 aromatic heterocycles. The third-order valence-corrected chi connectivity index (χ3v) is 6.22. The predicted molar refractivity (Wildman–Crippen MR) is 136 cm³/mol. The largest absolute Gasteiger partial charge is 0.326 e. The molecule has 8 nitrogen and oxygen atoms in total. The zero-order valence-electron chi connectivity index (χ0n) is 20.3. The van der Waals surface area contributed by atoms with Crippen molar-refractivity contribution in [1.29, 1.82) is 0 Å². The van der Waals surface area contributed by atoms with Crippen LogP contribution in [0.25, 0.3) is 16.9 Å². The van der Waals surface area contributed by atoms with Crippen LogP contribution in [0.5, 0.6) is 0 Å². The highest BCUT2D eigenvalue weighted by molar-refractivity contribution is 6.13. The Morgan fingerprint density at radius 3 is 2.54 bits per heavy atom. The molecule has 178 valence electrons. The number of amides is 2. The van der Waals surface area contributed by atoms with Gasteiger partial charge in [-0.25, -0.2) is 9.97 Å². The van der Waals surface area contributed by atoms with Gasteiger partial charge in [-0.2, -0.15) is 9.78 Å². The molecule has 8 heteroatoms. The van der Waals surface area contributed by atoms with Gasteiger partial charge in [0.05, 0.1) is 16.6 Å². The van der Waals surface area contributed by atoms with Gasteiger partial charge in [0.2, 0.25) is 5.91 Å². The van der Waals surface area contributed by atoms with E-state index in [2.05, 4.69) is 20.7 Å². The second-order valence-electron chi connectivity index (χ2n) is 9.38. The molecule has 1 aromatic carbocycles. The number of nitrogens with zero attached hydrogens (tertiary/aromatic N) is 4. The average Bonchev–Trinajstić information content (AvgIpc) is 3.64. The minimum Gasteiger partial charge on any atom is -0.326 e.